The first-order valence-corrected chi connectivity index (χ1v) is 26.6. The van der Waals surface area contributed by atoms with Crippen LogP contribution in [0.4, 0.5) is 15.3 Å². The first-order chi connectivity index (χ1) is 35.6. The summed E-state index contributed by atoms with van der Waals surface area (Å²) in [5.41, 5.74) is 4.90. The maximum Gasteiger partial charge on any atom is 0.407 e. The lowest BCUT2D eigenvalue weighted by atomic mass is 9.46. The molecule has 8 N–H and O–H groups in total. The number of hydrogen-bond acceptors (Lipinski definition) is 13. The minimum Gasteiger partial charge on any atom is -0.441 e. The molecule has 6 aliphatic rings. The number of carbonyl (C=O) groups excluding carboxylic acids is 9. The predicted octanol–water partition coefficient (Wildman–Crippen LogP) is 4.54. The van der Waals surface area contributed by atoms with Crippen LogP contribution in [-0.2, 0) is 54.3 Å². The molecule has 8 amide bonds. The van der Waals surface area contributed by atoms with Crippen molar-refractivity contribution in [3.8, 4) is 0 Å². The van der Waals surface area contributed by atoms with Gasteiger partial charge in [-0.25, -0.2) is 9.59 Å². The van der Waals surface area contributed by atoms with E-state index in [1.165, 1.54) is 11.0 Å². The molecule has 20 heteroatoms. The Kier molecular flexibility index (Phi) is 17.9. The summed E-state index contributed by atoms with van der Waals surface area (Å²) < 4.78 is 18.8. The first kappa shape index (κ1) is 56.5. The highest BCUT2D eigenvalue weighted by molar-refractivity contribution is 6.15. The number of nitrogens with zero attached hydrogens (tertiary/aromatic N) is 1. The molecule has 0 radical (unpaired) electrons. The van der Waals surface area contributed by atoms with Crippen molar-refractivity contribution < 1.29 is 62.5 Å². The van der Waals surface area contributed by atoms with Crippen molar-refractivity contribution in [1.29, 1.82) is 0 Å². The number of allylic oxidation sites excluding steroid dienone is 4. The molecule has 0 aromatic heterocycles. The van der Waals surface area contributed by atoms with E-state index in [4.69, 9.17) is 19.9 Å². The quantitative estimate of drug-likeness (QED) is 0.0586. The van der Waals surface area contributed by atoms with E-state index in [-0.39, 0.29) is 92.5 Å². The Morgan fingerprint density at radius 3 is 2.39 bits per heavy atom. The average Bonchev–Trinajstić information content (AvgIpc) is 3.94. The van der Waals surface area contributed by atoms with Gasteiger partial charge in [-0.15, -0.1) is 0 Å². The third-order valence-corrected chi connectivity index (χ3v) is 16.6. The van der Waals surface area contributed by atoms with E-state index >= 15 is 0 Å². The van der Waals surface area contributed by atoms with E-state index in [0.29, 0.717) is 55.3 Å². The van der Waals surface area contributed by atoms with Gasteiger partial charge in [0.25, 0.3) is 11.8 Å². The molecule has 0 bridgehead atoms. The number of benzene rings is 1. The molecule has 1 aromatic rings. The Balaban J connectivity index is 0.911. The van der Waals surface area contributed by atoms with Crippen molar-refractivity contribution in [1.82, 2.24) is 26.2 Å². The van der Waals surface area contributed by atoms with E-state index in [0.717, 1.165) is 18.4 Å². The molecular weight excluding hydrogens is 967 g/mol. The molecule has 7 rings (SSSR count). The second-order valence-corrected chi connectivity index (χ2v) is 21.9. The molecule has 20 nitrogen and oxygen atoms in total. The van der Waals surface area contributed by atoms with Crippen LogP contribution in [0.5, 0.6) is 0 Å². The van der Waals surface area contributed by atoms with Crippen molar-refractivity contribution in [2.24, 2.45) is 40.2 Å². The summed E-state index contributed by atoms with van der Waals surface area (Å²) >= 11 is 0. The predicted molar refractivity (Wildman–Crippen MR) is 274 cm³/mol. The standard InChI is InChI=1S/C55H75N7O13/c1-7-12-45-74-42-27-38-37-20-17-34-26-36(63)21-22-53(34,5)46(37)40(64)28-54(38,6)55(42,75-45)41(65)30-73-52(72)58-29-33-15-18-35(19-16-33)59-48(68)39(13-11-23-57-51(56)71)60-49(69)47(31(2)3)61-43(66)14-9-8-10-24-62-44(67)25-32(4)50(62)70/h15-16,18-19,21-22,25-26,31,37-40,42,45-47,64H,7-14,17,20,23-24,27-30H2,1-6H3,(H,58,72)(H,59,68)(H,60,69)(H,61,66)(H3,56,57,71)/t37-,38-,39-,40-,42+,45?,46+,47-,53-,54-,55+/m0/s1. The SMILES string of the molecule is CCCC1O[C@@H]2C[C@H]3[C@@H]4CCC5=CC(=O)C=C[C@]5(C)[C@H]4[C@@H](O)C[C@]3(C)[C@]2(C(=O)COC(=O)NCc2ccc(NC(=O)[C@H](CCCNC(N)=O)NC(=O)[C@@H](NC(=O)CCCCCN3C(=O)C=C(C)C3=O)C(C)C)cc2)O1. The number of urea groups is 1. The molecule has 0 spiro atoms. The molecule has 3 saturated carbocycles. The number of unbranched alkanes of at least 4 members (excludes halogenated alkanes) is 2. The number of imide groups is 1. The fourth-order valence-electron chi connectivity index (χ4n) is 12.8. The average molecular weight is 1040 g/mol. The third kappa shape index (κ3) is 12.1. The van der Waals surface area contributed by atoms with Gasteiger partial charge in [-0.05, 0) is 112 Å². The Bertz CT molecular complexity index is 2490. The molecular formula is C55H75N7O13. The Morgan fingerprint density at radius 2 is 1.71 bits per heavy atom. The monoisotopic (exact) mass is 1040 g/mol. The van der Waals surface area contributed by atoms with Crippen LogP contribution < -0.4 is 32.3 Å². The van der Waals surface area contributed by atoms with Gasteiger partial charge in [0.2, 0.25) is 23.5 Å². The zero-order valence-corrected chi connectivity index (χ0v) is 44.0. The summed E-state index contributed by atoms with van der Waals surface area (Å²) in [7, 11) is 0. The number of anilines is 1. The largest absolute Gasteiger partial charge is 0.441 e. The number of fused-ring (bicyclic) bond motifs is 7. The zero-order chi connectivity index (χ0) is 54.4. The van der Waals surface area contributed by atoms with Crippen molar-refractivity contribution in [2.75, 3.05) is 25.0 Å². The van der Waals surface area contributed by atoms with Crippen LogP contribution in [0.2, 0.25) is 0 Å². The summed E-state index contributed by atoms with van der Waals surface area (Å²) in [6, 6.07) is 3.79. The molecule has 11 atom stereocenters. The van der Waals surface area contributed by atoms with Gasteiger partial charge in [0.15, 0.2) is 24.3 Å². The molecule has 408 valence electrons. The van der Waals surface area contributed by atoms with Crippen LogP contribution in [0.1, 0.15) is 124 Å². The van der Waals surface area contributed by atoms with Crippen molar-refractivity contribution in [2.45, 2.75) is 161 Å². The highest BCUT2D eigenvalue weighted by atomic mass is 16.7. The smallest absolute Gasteiger partial charge is 0.407 e. The maximum absolute atomic E-state index is 14.6. The van der Waals surface area contributed by atoms with Crippen LogP contribution in [0.15, 0.2) is 59.7 Å². The number of Topliss-reactive ketones (excluding diaryl/α,β-unsaturated/α-hetero) is 1. The number of carbonyl (C=O) groups is 9. The summed E-state index contributed by atoms with van der Waals surface area (Å²) in [5, 5.41) is 25.5. The van der Waals surface area contributed by atoms with E-state index < -0.39 is 83.3 Å². The minimum atomic E-state index is -1.45. The van der Waals surface area contributed by atoms with Crippen LogP contribution in [0, 0.1) is 34.5 Å². The number of alkyl carbamates (subject to hydrolysis) is 1. The molecule has 4 aliphatic carbocycles. The van der Waals surface area contributed by atoms with Gasteiger partial charge in [-0.2, -0.15) is 0 Å². The van der Waals surface area contributed by atoms with Crippen molar-refractivity contribution in [3.63, 3.8) is 0 Å². The normalized spacial score (nSPS) is 29.2. The summed E-state index contributed by atoms with van der Waals surface area (Å²) in [6.07, 6.45) is 9.38. The van der Waals surface area contributed by atoms with E-state index in [1.54, 1.807) is 57.2 Å². The molecule has 2 heterocycles. The second-order valence-electron chi connectivity index (χ2n) is 21.9. The first-order valence-electron chi connectivity index (χ1n) is 26.6. The minimum absolute atomic E-state index is 0.0173. The van der Waals surface area contributed by atoms with Gasteiger partial charge >= 0.3 is 12.1 Å². The molecule has 2 aliphatic heterocycles. The summed E-state index contributed by atoms with van der Waals surface area (Å²) in [6.45, 7) is 11.0. The molecule has 1 saturated heterocycles. The lowest BCUT2D eigenvalue weighted by Crippen LogP contribution is -2.63. The summed E-state index contributed by atoms with van der Waals surface area (Å²) in [4.78, 5) is 117. The van der Waals surface area contributed by atoms with Crippen molar-refractivity contribution in [3.05, 3.63) is 65.3 Å². The Labute approximate surface area is 438 Å². The third-order valence-electron chi connectivity index (χ3n) is 16.6. The van der Waals surface area contributed by atoms with Gasteiger partial charge in [-0.1, -0.05) is 71.2 Å². The van der Waals surface area contributed by atoms with Gasteiger partial charge in [-0.3, -0.25) is 38.5 Å². The fraction of sp³-hybridized carbons (Fsp3) is 0.618. The number of ether oxygens (including phenoxy) is 3. The number of primary amides is 1. The number of amides is 8. The zero-order valence-electron chi connectivity index (χ0n) is 44.0. The van der Waals surface area contributed by atoms with Crippen molar-refractivity contribution >= 4 is 58.9 Å². The van der Waals surface area contributed by atoms with E-state index in [9.17, 15) is 48.3 Å². The van der Waals surface area contributed by atoms with Gasteiger partial charge in [0.05, 0.1) is 12.2 Å². The van der Waals surface area contributed by atoms with Crippen LogP contribution in [0.3, 0.4) is 0 Å². The Hall–Kier alpha value is -6.25. The summed E-state index contributed by atoms with van der Waals surface area (Å²) in [5.74, 6) is -3.14. The van der Waals surface area contributed by atoms with E-state index in [2.05, 4.69) is 33.5 Å². The molecule has 1 aromatic carbocycles. The fourth-order valence-corrected chi connectivity index (χ4v) is 12.8. The van der Waals surface area contributed by atoms with Gasteiger partial charge in [0, 0.05) is 60.1 Å². The molecule has 1 unspecified atom stereocenters. The second kappa shape index (κ2) is 23.7. The number of nitrogens with two attached hydrogens (primary N) is 1. The number of aliphatic hydroxyl groups is 1. The molecule has 4 fully saturated rings. The number of ketones is 2. The van der Waals surface area contributed by atoms with Crippen LogP contribution in [0.25, 0.3) is 0 Å². The number of rotatable bonds is 23. The lowest BCUT2D eigenvalue weighted by molar-refractivity contribution is -0.200. The molecule has 75 heavy (non-hydrogen) atoms. The topological polar surface area (TPSA) is 291 Å². The van der Waals surface area contributed by atoms with Gasteiger partial charge < -0.3 is 51.6 Å². The lowest BCUT2D eigenvalue weighted by Gasteiger charge is -2.59. The number of nitrogens with one attached hydrogen (secondary N) is 5. The van der Waals surface area contributed by atoms with Crippen LogP contribution in [-0.4, -0.2) is 119 Å². The number of aliphatic hydroxyl groups excluding tert-OH is 1. The van der Waals surface area contributed by atoms with E-state index in [1.807, 2.05) is 19.9 Å². The highest BCUT2D eigenvalue weighted by Crippen LogP contribution is 2.69. The Morgan fingerprint density at radius 1 is 0.960 bits per heavy atom. The van der Waals surface area contributed by atoms with Crippen LogP contribution >= 0.6 is 0 Å². The van der Waals surface area contributed by atoms with Gasteiger partial charge in [0.1, 0.15) is 12.1 Å². The highest BCUT2D eigenvalue weighted by Gasteiger charge is 2.76. The number of hydrogen-bond donors (Lipinski definition) is 7. The maximum atomic E-state index is 14.6.